The lowest BCUT2D eigenvalue weighted by molar-refractivity contribution is 0.565. The Morgan fingerprint density at radius 3 is 2.73 bits per heavy atom. The number of anilines is 1. The first-order valence-electron chi connectivity index (χ1n) is 4.16. The van der Waals surface area contributed by atoms with Gasteiger partial charge in [-0.3, -0.25) is 0 Å². The van der Waals surface area contributed by atoms with Gasteiger partial charge in [0.1, 0.15) is 0 Å². The number of aromatic nitrogens is 4. The molecule has 0 spiro atoms. The Kier molecular flexibility index (Phi) is 2.55. The van der Waals surface area contributed by atoms with Gasteiger partial charge in [-0.1, -0.05) is 11.8 Å². The van der Waals surface area contributed by atoms with Gasteiger partial charge < -0.3 is 10.2 Å². The summed E-state index contributed by atoms with van der Waals surface area (Å²) in [6.07, 6.45) is 3.22. The molecular formula is C8H9N5OS. The molecule has 0 aliphatic heterocycles. The van der Waals surface area contributed by atoms with E-state index in [0.29, 0.717) is 16.7 Å². The maximum atomic E-state index is 5.55. The molecule has 2 aromatic heterocycles. The maximum absolute atomic E-state index is 5.55. The van der Waals surface area contributed by atoms with Gasteiger partial charge in [-0.15, -0.1) is 0 Å². The Balaban J connectivity index is 2.53. The van der Waals surface area contributed by atoms with Crippen LogP contribution >= 0.6 is 11.8 Å². The fraction of sp³-hybridized carbons (Fsp3) is 0.250. The summed E-state index contributed by atoms with van der Waals surface area (Å²) < 4.78 is 5.18. The molecule has 0 unspecified atom stereocenters. The van der Waals surface area contributed by atoms with Crippen LogP contribution in [0.5, 0.6) is 0 Å². The van der Waals surface area contributed by atoms with Crippen LogP contribution in [0.4, 0.5) is 5.95 Å². The topological polar surface area (TPSA) is 90.7 Å². The SMILES string of the molecule is CSc1nc(N)nc(-c2ocnc2C)n1. The van der Waals surface area contributed by atoms with E-state index < -0.39 is 0 Å². The molecule has 2 rings (SSSR count). The quantitative estimate of drug-likeness (QED) is 0.763. The zero-order valence-electron chi connectivity index (χ0n) is 8.26. The van der Waals surface area contributed by atoms with Crippen LogP contribution in [0.25, 0.3) is 11.6 Å². The van der Waals surface area contributed by atoms with E-state index in [4.69, 9.17) is 10.2 Å². The molecule has 0 saturated carbocycles. The summed E-state index contributed by atoms with van der Waals surface area (Å²) in [4.78, 5) is 16.1. The van der Waals surface area contributed by atoms with Gasteiger partial charge in [-0.2, -0.15) is 15.0 Å². The molecule has 0 atom stereocenters. The lowest BCUT2D eigenvalue weighted by Gasteiger charge is -2.00. The Hall–Kier alpha value is -1.63. The Morgan fingerprint density at radius 2 is 2.13 bits per heavy atom. The van der Waals surface area contributed by atoms with Gasteiger partial charge in [0.15, 0.2) is 17.3 Å². The lowest BCUT2D eigenvalue weighted by Crippen LogP contribution is -2.01. The highest BCUT2D eigenvalue weighted by Gasteiger charge is 2.12. The van der Waals surface area contributed by atoms with Crippen molar-refractivity contribution in [3.8, 4) is 11.6 Å². The van der Waals surface area contributed by atoms with E-state index >= 15 is 0 Å². The molecule has 0 aliphatic carbocycles. The van der Waals surface area contributed by atoms with Crippen molar-refractivity contribution in [1.29, 1.82) is 0 Å². The Morgan fingerprint density at radius 1 is 1.33 bits per heavy atom. The summed E-state index contributed by atoms with van der Waals surface area (Å²) in [5.74, 6) is 1.13. The smallest absolute Gasteiger partial charge is 0.224 e. The zero-order valence-corrected chi connectivity index (χ0v) is 9.08. The summed E-state index contributed by atoms with van der Waals surface area (Å²) in [7, 11) is 0. The molecule has 6 nitrogen and oxygen atoms in total. The molecule has 0 aromatic carbocycles. The van der Waals surface area contributed by atoms with E-state index in [1.807, 2.05) is 13.2 Å². The highest BCUT2D eigenvalue weighted by molar-refractivity contribution is 7.98. The number of aryl methyl sites for hydroxylation is 1. The van der Waals surface area contributed by atoms with Gasteiger partial charge >= 0.3 is 0 Å². The van der Waals surface area contributed by atoms with Crippen LogP contribution in [0.2, 0.25) is 0 Å². The summed E-state index contributed by atoms with van der Waals surface area (Å²) in [5.41, 5.74) is 6.28. The largest absolute Gasteiger partial charge is 0.440 e. The first-order chi connectivity index (χ1) is 7.20. The summed E-state index contributed by atoms with van der Waals surface area (Å²) >= 11 is 1.40. The van der Waals surface area contributed by atoms with Crippen molar-refractivity contribution < 1.29 is 4.42 Å². The minimum Gasteiger partial charge on any atom is -0.440 e. The number of nitrogen functional groups attached to an aromatic ring is 1. The van der Waals surface area contributed by atoms with Gasteiger partial charge in [-0.25, -0.2) is 4.98 Å². The second-order valence-electron chi connectivity index (χ2n) is 2.77. The third-order valence-corrected chi connectivity index (χ3v) is 2.31. The van der Waals surface area contributed by atoms with Gasteiger partial charge in [0, 0.05) is 0 Å². The molecule has 2 aromatic rings. The lowest BCUT2D eigenvalue weighted by atomic mass is 10.3. The number of oxazole rings is 1. The molecule has 0 saturated heterocycles. The van der Waals surface area contributed by atoms with E-state index in [1.165, 1.54) is 18.2 Å². The van der Waals surface area contributed by atoms with E-state index in [1.54, 1.807) is 0 Å². The van der Waals surface area contributed by atoms with Gasteiger partial charge in [0.05, 0.1) is 5.69 Å². The molecule has 0 radical (unpaired) electrons. The molecule has 0 aliphatic rings. The molecule has 7 heteroatoms. The van der Waals surface area contributed by atoms with Crippen molar-refractivity contribution in [3.05, 3.63) is 12.1 Å². The minimum absolute atomic E-state index is 0.181. The third kappa shape index (κ3) is 1.91. The average molecular weight is 223 g/mol. The monoisotopic (exact) mass is 223 g/mol. The van der Waals surface area contributed by atoms with E-state index in [-0.39, 0.29) is 5.95 Å². The Labute approximate surface area is 90.4 Å². The molecule has 2 N–H and O–H groups in total. The normalized spacial score (nSPS) is 10.5. The summed E-state index contributed by atoms with van der Waals surface area (Å²) in [5, 5.41) is 0.563. The van der Waals surface area contributed by atoms with Gasteiger partial charge in [0.2, 0.25) is 11.8 Å². The van der Waals surface area contributed by atoms with E-state index in [2.05, 4.69) is 19.9 Å². The first-order valence-corrected chi connectivity index (χ1v) is 5.39. The van der Waals surface area contributed by atoms with Crippen LogP contribution < -0.4 is 5.73 Å². The third-order valence-electron chi connectivity index (χ3n) is 1.76. The average Bonchev–Trinajstić information content (AvgIpc) is 2.63. The molecule has 0 amide bonds. The number of rotatable bonds is 2. The molecule has 0 fully saturated rings. The number of nitrogens with zero attached hydrogens (tertiary/aromatic N) is 4. The van der Waals surface area contributed by atoms with Crippen LogP contribution in [0.1, 0.15) is 5.69 Å². The Bertz CT molecular complexity index is 484. The second kappa shape index (κ2) is 3.85. The number of nitrogens with two attached hydrogens (primary N) is 1. The van der Waals surface area contributed by atoms with E-state index in [9.17, 15) is 0 Å². The molecule has 78 valence electrons. The molecule has 15 heavy (non-hydrogen) atoms. The zero-order chi connectivity index (χ0) is 10.8. The molecular weight excluding hydrogens is 214 g/mol. The van der Waals surface area contributed by atoms with Crippen LogP contribution in [-0.2, 0) is 0 Å². The summed E-state index contributed by atoms with van der Waals surface area (Å²) in [6.45, 7) is 1.82. The van der Waals surface area contributed by atoms with Crippen LogP contribution in [0, 0.1) is 6.92 Å². The highest BCUT2D eigenvalue weighted by Crippen LogP contribution is 2.20. The minimum atomic E-state index is 0.181. The van der Waals surface area contributed by atoms with Crippen molar-refractivity contribution in [2.45, 2.75) is 12.1 Å². The van der Waals surface area contributed by atoms with Crippen molar-refractivity contribution in [1.82, 2.24) is 19.9 Å². The predicted molar refractivity (Wildman–Crippen MR) is 56.3 cm³/mol. The van der Waals surface area contributed by atoms with Gasteiger partial charge in [-0.05, 0) is 13.2 Å². The van der Waals surface area contributed by atoms with Crippen molar-refractivity contribution >= 4 is 17.7 Å². The fourth-order valence-corrected chi connectivity index (χ4v) is 1.44. The second-order valence-corrected chi connectivity index (χ2v) is 3.54. The molecule has 2 heterocycles. The molecule has 0 bridgehead atoms. The van der Waals surface area contributed by atoms with Crippen molar-refractivity contribution in [3.63, 3.8) is 0 Å². The number of hydrogen-bond acceptors (Lipinski definition) is 7. The fourth-order valence-electron chi connectivity index (χ4n) is 1.08. The number of thioether (sulfide) groups is 1. The maximum Gasteiger partial charge on any atom is 0.224 e. The van der Waals surface area contributed by atoms with Gasteiger partial charge in [0.25, 0.3) is 0 Å². The summed E-state index contributed by atoms with van der Waals surface area (Å²) in [6, 6.07) is 0. The standard InChI is InChI=1S/C8H9N5OS/c1-4-5(14-3-10-4)6-11-7(9)13-8(12-6)15-2/h3H,1-2H3,(H2,9,11,12,13). The van der Waals surface area contributed by atoms with Crippen LogP contribution in [0.15, 0.2) is 16.0 Å². The van der Waals surface area contributed by atoms with Crippen molar-refractivity contribution in [2.75, 3.05) is 12.0 Å². The highest BCUT2D eigenvalue weighted by atomic mass is 32.2. The predicted octanol–water partition coefficient (Wildman–Crippen LogP) is 1.14. The van der Waals surface area contributed by atoms with Crippen molar-refractivity contribution in [2.24, 2.45) is 0 Å². The first kappa shape index (κ1) is 9.91. The van der Waals surface area contributed by atoms with Crippen LogP contribution in [0.3, 0.4) is 0 Å². The van der Waals surface area contributed by atoms with E-state index in [0.717, 1.165) is 5.69 Å². The number of hydrogen-bond donors (Lipinski definition) is 1. The van der Waals surface area contributed by atoms with Crippen LogP contribution in [-0.4, -0.2) is 26.2 Å².